The predicted octanol–water partition coefficient (Wildman–Crippen LogP) is -1.55. The molecule has 106 valence electrons. The van der Waals surface area contributed by atoms with E-state index in [-0.39, 0.29) is 17.9 Å². The zero-order chi connectivity index (χ0) is 13.8. The van der Waals surface area contributed by atoms with Crippen LogP contribution in [0.15, 0.2) is 15.8 Å². The Labute approximate surface area is 111 Å². The number of nitrogens with zero attached hydrogens (tertiary/aromatic N) is 3. The number of hydrogen-bond acceptors (Lipinski definition) is 5. The summed E-state index contributed by atoms with van der Waals surface area (Å²) in [6.45, 7) is 4.84. The first-order valence-corrected chi connectivity index (χ1v) is 6.61. The minimum atomic E-state index is -0.415. The Morgan fingerprint density at radius 1 is 1.32 bits per heavy atom. The summed E-state index contributed by atoms with van der Waals surface area (Å²) >= 11 is 0. The average Bonchev–Trinajstić information content (AvgIpc) is 2.43. The molecule has 0 aliphatic carbocycles. The van der Waals surface area contributed by atoms with Gasteiger partial charge in [-0.2, -0.15) is 4.68 Å². The number of nitrogens with one attached hydrogen (secondary N) is 1. The van der Waals surface area contributed by atoms with Crippen molar-refractivity contribution in [3.05, 3.63) is 32.6 Å². The zero-order valence-corrected chi connectivity index (χ0v) is 11.1. The van der Waals surface area contributed by atoms with Crippen molar-refractivity contribution in [3.63, 3.8) is 0 Å². The van der Waals surface area contributed by atoms with Gasteiger partial charge in [0, 0.05) is 38.9 Å². The minimum absolute atomic E-state index is 0.256. The number of aliphatic hydroxyl groups excluding tert-OH is 1. The molecule has 2 rings (SSSR count). The van der Waals surface area contributed by atoms with E-state index in [0.717, 1.165) is 19.5 Å². The molecule has 2 heterocycles. The van der Waals surface area contributed by atoms with Gasteiger partial charge in [0.1, 0.15) is 0 Å². The van der Waals surface area contributed by atoms with E-state index in [9.17, 15) is 14.7 Å². The smallest absolute Gasteiger partial charge is 0.350 e. The second-order valence-electron chi connectivity index (χ2n) is 4.61. The van der Waals surface area contributed by atoms with Crippen LogP contribution < -0.4 is 21.6 Å². The van der Waals surface area contributed by atoms with E-state index in [1.807, 2.05) is 6.92 Å². The van der Waals surface area contributed by atoms with Crippen LogP contribution in [-0.4, -0.2) is 40.5 Å². The molecule has 0 aromatic carbocycles. The van der Waals surface area contributed by atoms with Gasteiger partial charge in [0.2, 0.25) is 0 Å². The first-order valence-electron chi connectivity index (χ1n) is 6.61. The van der Waals surface area contributed by atoms with Gasteiger partial charge in [-0.25, -0.2) is 4.79 Å². The number of hydrogen-bond donors (Lipinski definition) is 2. The maximum absolute atomic E-state index is 12.3. The number of aryl methyl sites for hydroxylation is 1. The zero-order valence-electron chi connectivity index (χ0n) is 11.1. The van der Waals surface area contributed by atoms with Crippen molar-refractivity contribution < 1.29 is 5.11 Å². The first kappa shape index (κ1) is 13.8. The lowest BCUT2D eigenvalue weighted by atomic mass is 10.3. The third kappa shape index (κ3) is 2.71. The van der Waals surface area contributed by atoms with E-state index in [2.05, 4.69) is 5.32 Å². The standard InChI is InChI=1S/C12H20N4O3/c1-2-5-14-8-10(9-17)11(18)16(12(14)19)15-6-3-13-4-7-15/h8,13,17H,2-7,9H2,1H3. The van der Waals surface area contributed by atoms with Crippen LogP contribution in [0.3, 0.4) is 0 Å². The van der Waals surface area contributed by atoms with Gasteiger partial charge in [0.15, 0.2) is 0 Å². The van der Waals surface area contributed by atoms with Crippen LogP contribution in [-0.2, 0) is 13.2 Å². The van der Waals surface area contributed by atoms with Crippen LogP contribution in [0.5, 0.6) is 0 Å². The SMILES string of the molecule is CCCn1cc(CO)c(=O)n(N2CCNCC2)c1=O. The predicted molar refractivity (Wildman–Crippen MR) is 72.0 cm³/mol. The van der Waals surface area contributed by atoms with Crippen molar-refractivity contribution in [2.45, 2.75) is 26.5 Å². The summed E-state index contributed by atoms with van der Waals surface area (Å²) in [6, 6.07) is 0. The third-order valence-electron chi connectivity index (χ3n) is 3.22. The summed E-state index contributed by atoms with van der Waals surface area (Å²) < 4.78 is 2.66. The van der Waals surface area contributed by atoms with E-state index in [4.69, 9.17) is 0 Å². The lowest BCUT2D eigenvalue weighted by Gasteiger charge is -2.30. The minimum Gasteiger partial charge on any atom is -0.391 e. The molecule has 0 amide bonds. The van der Waals surface area contributed by atoms with Gasteiger partial charge < -0.3 is 15.4 Å². The quantitative estimate of drug-likeness (QED) is 0.691. The Balaban J connectivity index is 2.53. The highest BCUT2D eigenvalue weighted by Crippen LogP contribution is 1.94. The highest BCUT2D eigenvalue weighted by molar-refractivity contribution is 5.07. The van der Waals surface area contributed by atoms with Crippen molar-refractivity contribution in [2.75, 3.05) is 31.2 Å². The Kier molecular flexibility index (Phi) is 4.39. The molecule has 7 heteroatoms. The summed E-state index contributed by atoms with van der Waals surface area (Å²) in [5.41, 5.74) is -0.487. The van der Waals surface area contributed by atoms with Crippen molar-refractivity contribution in [1.82, 2.24) is 14.6 Å². The second-order valence-corrected chi connectivity index (χ2v) is 4.61. The summed E-state index contributed by atoms with van der Waals surface area (Å²) in [5, 5.41) is 14.2. The molecule has 0 saturated carbocycles. The number of piperazine rings is 1. The van der Waals surface area contributed by atoms with Crippen LogP contribution in [0.4, 0.5) is 0 Å². The van der Waals surface area contributed by atoms with E-state index in [1.54, 1.807) is 5.01 Å². The van der Waals surface area contributed by atoms with Crippen molar-refractivity contribution >= 4 is 0 Å². The van der Waals surface area contributed by atoms with Crippen molar-refractivity contribution in [3.8, 4) is 0 Å². The Morgan fingerprint density at radius 2 is 2.00 bits per heavy atom. The molecule has 0 bridgehead atoms. The molecule has 0 unspecified atom stereocenters. The molecular formula is C12H20N4O3. The fourth-order valence-corrected chi connectivity index (χ4v) is 2.26. The molecule has 0 spiro atoms. The molecule has 1 aliphatic rings. The van der Waals surface area contributed by atoms with Crippen molar-refractivity contribution in [2.24, 2.45) is 0 Å². The van der Waals surface area contributed by atoms with Crippen LogP contribution in [0.2, 0.25) is 0 Å². The number of rotatable bonds is 4. The lowest BCUT2D eigenvalue weighted by molar-refractivity contribution is 0.276. The van der Waals surface area contributed by atoms with Gasteiger partial charge in [-0.1, -0.05) is 6.92 Å². The topological polar surface area (TPSA) is 79.5 Å². The summed E-state index contributed by atoms with van der Waals surface area (Å²) in [6.07, 6.45) is 2.26. The van der Waals surface area contributed by atoms with E-state index in [1.165, 1.54) is 15.4 Å². The Bertz CT molecular complexity index is 543. The van der Waals surface area contributed by atoms with Gasteiger partial charge in [-0.05, 0) is 6.42 Å². The molecule has 1 aromatic heterocycles. The molecule has 0 atom stereocenters. The fraction of sp³-hybridized carbons (Fsp3) is 0.667. The van der Waals surface area contributed by atoms with Crippen LogP contribution >= 0.6 is 0 Å². The maximum atomic E-state index is 12.3. The fourth-order valence-electron chi connectivity index (χ4n) is 2.26. The molecule has 0 radical (unpaired) electrons. The highest BCUT2D eigenvalue weighted by Gasteiger charge is 2.18. The largest absolute Gasteiger partial charge is 0.391 e. The third-order valence-corrected chi connectivity index (χ3v) is 3.22. The normalized spacial score (nSPS) is 15.8. The maximum Gasteiger partial charge on any atom is 0.350 e. The van der Waals surface area contributed by atoms with E-state index >= 15 is 0 Å². The van der Waals surface area contributed by atoms with E-state index in [0.29, 0.717) is 19.6 Å². The molecule has 1 aliphatic heterocycles. The highest BCUT2D eigenvalue weighted by atomic mass is 16.3. The molecule has 1 fully saturated rings. The van der Waals surface area contributed by atoms with Gasteiger partial charge in [0.05, 0.1) is 12.2 Å². The van der Waals surface area contributed by atoms with Gasteiger partial charge in [0.25, 0.3) is 5.56 Å². The van der Waals surface area contributed by atoms with Gasteiger partial charge >= 0.3 is 5.69 Å². The van der Waals surface area contributed by atoms with Crippen LogP contribution in [0.25, 0.3) is 0 Å². The molecular weight excluding hydrogens is 248 g/mol. The summed E-state index contributed by atoms with van der Waals surface area (Å²) in [4.78, 5) is 24.5. The van der Waals surface area contributed by atoms with Crippen LogP contribution in [0.1, 0.15) is 18.9 Å². The Morgan fingerprint density at radius 3 is 2.58 bits per heavy atom. The lowest BCUT2D eigenvalue weighted by Crippen LogP contribution is -2.59. The molecule has 2 N–H and O–H groups in total. The van der Waals surface area contributed by atoms with Crippen molar-refractivity contribution in [1.29, 1.82) is 0 Å². The van der Waals surface area contributed by atoms with Crippen LogP contribution in [0, 0.1) is 0 Å². The van der Waals surface area contributed by atoms with E-state index < -0.39 is 5.56 Å². The second kappa shape index (κ2) is 6.03. The van der Waals surface area contributed by atoms with Gasteiger partial charge in [-0.3, -0.25) is 9.36 Å². The molecule has 7 nitrogen and oxygen atoms in total. The molecule has 19 heavy (non-hydrogen) atoms. The molecule has 1 aromatic rings. The number of aliphatic hydroxyl groups is 1. The monoisotopic (exact) mass is 268 g/mol. The summed E-state index contributed by atoms with van der Waals surface area (Å²) in [7, 11) is 0. The summed E-state index contributed by atoms with van der Waals surface area (Å²) in [5.74, 6) is 0. The number of aromatic nitrogens is 2. The van der Waals surface area contributed by atoms with Gasteiger partial charge in [-0.15, -0.1) is 0 Å². The molecule has 1 saturated heterocycles. The Hall–Kier alpha value is -1.60. The average molecular weight is 268 g/mol. The first-order chi connectivity index (χ1) is 9.19.